The number of carbonyl (C=O) groups excluding carboxylic acids is 6. The van der Waals surface area contributed by atoms with Crippen LogP contribution < -0.4 is 28.3 Å². The van der Waals surface area contributed by atoms with Crippen LogP contribution in [0, 0.1) is 34.9 Å². The van der Waals surface area contributed by atoms with E-state index < -0.39 is 392 Å². The Labute approximate surface area is 883 Å². The SMILES string of the molecule is [2H]C1=C(C(=O)OCC)[C@H](S(=O)(=O)N([2H])c2ccc(F)cc2Cl)C([2H])([2H])CC1([2H])[2H].[2H]C1=C(C(=O)OCC)[C@]([2H])(S(=O)(=O)N([2H])c2ccc(F)cc2Cl)C([2H])([2H])CC1([2H])[2H].[2H]N(c1ccc(F)cc1Cl)S(=O)(=O)[C@@]1([2H])C(C(=O)OCC)=CC([2H])([2H])C([2H])([2H])C1([2H])[2H].[2H]N(c1ccc(F)cc1Cl)S(=O)(=O)[C@@]1([2H])C(C(=O)OCC)=CCC([2H])([2H])C1([2H])[2H].[2H]N(c1ccc(F)cc1Cl)S(=O)(=O)[C@H]1C(C(=O)OCC)=CC([2H])([2H])C([2H])([2H])C1([2H])[2H].[2H]N(c1ccc(F)cc1Cl)S(=O)(=O)[C@H]1C(C(=O)OCC)=CCC([2H])([2H])C1([2H])[2H]. The number of anilines is 6. The van der Waals surface area contributed by atoms with Crippen molar-refractivity contribution < 1.29 is 188 Å². The Morgan fingerprint density at radius 1 is 0.312 bits per heavy atom. The molecule has 12 rings (SSSR count). The number of carbonyl (C=O) groups is 6. The first-order chi connectivity index (χ1) is 80.0. The van der Waals surface area contributed by atoms with Gasteiger partial charge in [-0.05, 0) is 266 Å². The van der Waals surface area contributed by atoms with E-state index in [1.807, 2.05) is 0 Å². The maximum Gasteiger partial charge on any atom is 0.335 e. The minimum Gasteiger partial charge on any atom is -0.463 e. The molecule has 0 aromatic heterocycles. The van der Waals surface area contributed by atoms with Crippen molar-refractivity contribution in [3.05, 3.63) is 244 Å². The van der Waals surface area contributed by atoms with Gasteiger partial charge in [-0.3, -0.25) is 28.3 Å². The van der Waals surface area contributed by atoms with Crippen LogP contribution >= 0.6 is 69.6 Å². The first-order valence-corrected chi connectivity index (χ1v) is 49.9. The molecule has 30 nitrogen and oxygen atoms in total. The molecule has 0 spiro atoms. The van der Waals surface area contributed by atoms with Crippen LogP contribution in [0.5, 0.6) is 0 Å². The topological polar surface area (TPSA) is 435 Å². The number of benzene rings is 6. The highest BCUT2D eigenvalue weighted by Crippen LogP contribution is 2.39. The number of hydrogen-bond donors (Lipinski definition) is 6. The van der Waals surface area contributed by atoms with Gasteiger partial charge in [0.25, 0.3) is 0 Å². The van der Waals surface area contributed by atoms with Crippen molar-refractivity contribution in [3.63, 3.8) is 0 Å². The molecule has 6 atom stereocenters. The van der Waals surface area contributed by atoms with Crippen molar-refractivity contribution >= 4 is 200 Å². The minimum absolute atomic E-state index is 0.118. The Morgan fingerprint density at radius 3 is 0.862 bits per heavy atom. The van der Waals surface area contributed by atoms with E-state index in [0.29, 0.717) is 30.3 Å². The molecule has 0 unspecified atom stereocenters. The zero-order chi connectivity index (χ0) is 137. The van der Waals surface area contributed by atoms with Crippen molar-refractivity contribution in [2.24, 2.45) is 0 Å². The normalized spacial score (nSPS) is 29.2. The van der Waals surface area contributed by atoms with Gasteiger partial charge in [0.05, 0.1) is 144 Å². The van der Waals surface area contributed by atoms with Crippen LogP contribution in [0.4, 0.5) is 60.5 Å². The third-order valence-corrected chi connectivity index (χ3v) is 26.3. The van der Waals surface area contributed by atoms with E-state index in [0.717, 1.165) is 97.1 Å². The summed E-state index contributed by atoms with van der Waals surface area (Å²) in [6, 6.07) is 11.8. The third kappa shape index (κ3) is 33.8. The van der Waals surface area contributed by atoms with Gasteiger partial charge in [0.2, 0.25) is 60.1 Å². The van der Waals surface area contributed by atoms with Crippen LogP contribution in [0.3, 0.4) is 0 Å². The molecule has 0 radical (unpaired) electrons. The summed E-state index contributed by atoms with van der Waals surface area (Å²) < 4.78 is 577. The number of rotatable bonds is 30. The molecule has 138 heavy (non-hydrogen) atoms. The fourth-order valence-corrected chi connectivity index (χ4v) is 19.3. The lowest BCUT2D eigenvalue weighted by Gasteiger charge is -2.24. The molecule has 6 aromatic carbocycles. The summed E-state index contributed by atoms with van der Waals surface area (Å²) in [6.45, 7) is 6.81. The Balaban J connectivity index is 0.000000284. The van der Waals surface area contributed by atoms with Crippen LogP contribution in [-0.2, 0) is 117 Å². The Morgan fingerprint density at radius 2 is 0.536 bits per heavy atom. The monoisotopic (exact) mass is 2210 g/mol. The first-order valence-electron chi connectivity index (χ1n) is 58.0. The van der Waals surface area contributed by atoms with Crippen molar-refractivity contribution in [2.45, 2.75) is 188 Å². The fourth-order valence-electron chi connectivity index (χ4n) is 10.5. The summed E-state index contributed by atoms with van der Waals surface area (Å²) >= 11 is 34.7. The lowest BCUT2D eigenvalue weighted by atomic mass is 9.99. The second-order valence-corrected chi connectivity index (χ2v) is 38.1. The van der Waals surface area contributed by atoms with Crippen molar-refractivity contribution in [1.82, 2.24) is 0 Å². The van der Waals surface area contributed by atoms with E-state index in [2.05, 4.69) is 9.47 Å². The summed E-state index contributed by atoms with van der Waals surface area (Å²) in [5.74, 6) is -13.4. The molecule has 0 heterocycles. The molecule has 6 aliphatic rings. The highest BCUT2D eigenvalue weighted by Gasteiger charge is 2.42. The number of allylic oxidation sites excluding steroid dienone is 6. The molecule has 0 saturated heterocycles. The summed E-state index contributed by atoms with van der Waals surface area (Å²) in [5, 5.41) is -21.6. The van der Waals surface area contributed by atoms with Crippen LogP contribution in [0.25, 0.3) is 0 Å². The zero-order valence-electron chi connectivity index (χ0n) is 110. The van der Waals surface area contributed by atoms with Gasteiger partial charge in [-0.1, -0.05) is 106 Å². The van der Waals surface area contributed by atoms with Gasteiger partial charge in [0.1, 0.15) is 66.3 Å². The Kier molecular flexibility index (Phi) is 27.1. The molecule has 0 saturated carbocycles. The number of nitrogens with one attached hydrogen (secondary N) is 6. The number of ether oxygens (including phenoxy) is 6. The molecule has 0 aliphatic heterocycles. The second-order valence-electron chi connectivity index (χ2n) is 25.9. The molecule has 6 N–H and O–H groups in total. The largest absolute Gasteiger partial charge is 0.463 e. The second kappa shape index (κ2) is 53.9. The maximum absolute atomic E-state index is 13.3. The molecule has 48 heteroatoms. The molecule has 6 aromatic rings. The summed E-state index contributed by atoms with van der Waals surface area (Å²) in [5.41, 5.74) is -9.87. The Hall–Kier alpha value is -9.60. The summed E-state index contributed by atoms with van der Waals surface area (Å²) in [6.07, 6.45) is -45.7. The summed E-state index contributed by atoms with van der Waals surface area (Å²) in [7, 11) is -32.0. The van der Waals surface area contributed by atoms with Crippen LogP contribution in [-0.4, -0.2) is 157 Å². The third-order valence-electron chi connectivity index (χ3n) is 16.4. The van der Waals surface area contributed by atoms with Gasteiger partial charge in [-0.25, -0.2) is 106 Å². The van der Waals surface area contributed by atoms with Crippen LogP contribution in [0.2, 0.25) is 38.6 Å². The van der Waals surface area contributed by atoms with Crippen LogP contribution in [0.1, 0.15) is 202 Å². The fraction of sp³-hybridized carbons (Fsp3) is 0.400. The van der Waals surface area contributed by atoms with E-state index in [1.54, 1.807) is 0 Å². The van der Waals surface area contributed by atoms with E-state index in [9.17, 15) is 106 Å². The minimum atomic E-state index is -5.68. The predicted octanol–water partition coefficient (Wildman–Crippen LogP) is 19.6. The van der Waals surface area contributed by atoms with Gasteiger partial charge < -0.3 is 28.4 Å². The molecule has 0 amide bonds. The summed E-state index contributed by atoms with van der Waals surface area (Å²) in [4.78, 5) is 74.1. The molecular formula is C90H102Cl6F6N6O24S6. The first kappa shape index (κ1) is 69.3. The molecule has 6 aliphatic carbocycles. The lowest BCUT2D eigenvalue weighted by molar-refractivity contribution is -0.139. The number of hydrogen-bond acceptors (Lipinski definition) is 24. The standard InChI is InChI=1S/6C15H17ClFNO4S/c6*1-2-22-15(19)11-5-3-4-6-14(11)23(20,21)18-13-8-7-10(17)9-12(13)16/h6*5,7-9,14,18H,2-4,6H2,1H3/t6*14-/m111111/s1/i3D2,5D,6D2,14D;3D2,4D2,6D2,14D;4D2,6D2,14D;3D2,5D,6D2;3D2,4D2,6D2;4D2,6D2/hD6. The maximum atomic E-state index is 13.3. The average molecular weight is 2210 g/mol. The van der Waals surface area contributed by atoms with Crippen molar-refractivity contribution in [3.8, 4) is 0 Å². The quantitative estimate of drug-likeness (QED) is 0.0139. The lowest BCUT2D eigenvalue weighted by Crippen LogP contribution is -2.34. The highest BCUT2D eigenvalue weighted by molar-refractivity contribution is 7.95. The van der Waals surface area contributed by atoms with E-state index in [4.69, 9.17) is 142 Å². The predicted molar refractivity (Wildman–Crippen MR) is 518 cm³/mol. The van der Waals surface area contributed by atoms with E-state index in [-0.39, 0.29) is 69.3 Å². The molecule has 756 valence electrons. The molecule has 0 bridgehead atoms. The zero-order valence-corrected chi connectivity index (χ0v) is 80.9. The van der Waals surface area contributed by atoms with Gasteiger partial charge in [0.15, 0.2) is 8.47 Å². The Bertz CT molecular complexity index is 8390. The van der Waals surface area contributed by atoms with Crippen molar-refractivity contribution in [1.29, 1.82) is 0 Å². The highest BCUT2D eigenvalue weighted by atomic mass is 35.5. The van der Waals surface area contributed by atoms with E-state index >= 15 is 0 Å². The average Bonchev–Trinajstić information content (AvgIpc) is 0.672. The number of esters is 6. The van der Waals surface area contributed by atoms with Gasteiger partial charge in [-0.2, -0.15) is 0 Å². The van der Waals surface area contributed by atoms with Crippen LogP contribution in [0.15, 0.2) is 179 Å². The molecular weight excluding hydrogens is 2070 g/mol. The van der Waals surface area contributed by atoms with Gasteiger partial charge in [-0.15, -0.1) is 0 Å². The smallest absolute Gasteiger partial charge is 0.335 e. The van der Waals surface area contributed by atoms with E-state index in [1.165, 1.54) is 41.5 Å². The van der Waals surface area contributed by atoms with Gasteiger partial charge >= 0.3 is 35.8 Å². The number of halogens is 12. The molecule has 0 fully saturated rings. The van der Waals surface area contributed by atoms with Crippen molar-refractivity contribution in [2.75, 3.05) is 67.9 Å². The number of sulfonamides is 6. The van der Waals surface area contributed by atoms with Gasteiger partial charge in [0, 0.05) is 38.4 Å².